The summed E-state index contributed by atoms with van der Waals surface area (Å²) >= 11 is 5.60. The predicted octanol–water partition coefficient (Wildman–Crippen LogP) is 2.54. The maximum absolute atomic E-state index is 11.9. The first-order valence-corrected chi connectivity index (χ1v) is 6.63. The van der Waals surface area contributed by atoms with Crippen LogP contribution in [0.1, 0.15) is 0 Å². The van der Waals surface area contributed by atoms with Gasteiger partial charge in [-0.3, -0.25) is 4.72 Å². The first kappa shape index (κ1) is 11.9. The van der Waals surface area contributed by atoms with E-state index in [-0.39, 0.29) is 10.0 Å². The average Bonchev–Trinajstić information content (AvgIpc) is 2.30. The van der Waals surface area contributed by atoms with E-state index in [1.165, 1.54) is 18.3 Å². The Morgan fingerprint density at radius 2 is 1.76 bits per heavy atom. The van der Waals surface area contributed by atoms with Gasteiger partial charge in [0.1, 0.15) is 10.0 Å². The van der Waals surface area contributed by atoms with Crippen molar-refractivity contribution in [3.63, 3.8) is 0 Å². The molecule has 1 aromatic carbocycles. The molecule has 1 heterocycles. The maximum Gasteiger partial charge on any atom is 0.263 e. The second kappa shape index (κ2) is 4.73. The Morgan fingerprint density at radius 1 is 1.06 bits per heavy atom. The lowest BCUT2D eigenvalue weighted by Gasteiger charge is -2.07. The third-order valence-corrected chi connectivity index (χ3v) is 3.63. The van der Waals surface area contributed by atoms with Crippen molar-refractivity contribution in [3.05, 3.63) is 53.8 Å². The number of anilines is 1. The maximum atomic E-state index is 11.9. The van der Waals surface area contributed by atoms with Crippen LogP contribution in [0.4, 0.5) is 5.69 Å². The lowest BCUT2D eigenvalue weighted by Crippen LogP contribution is -2.12. The highest BCUT2D eigenvalue weighted by atomic mass is 35.5. The van der Waals surface area contributed by atoms with Crippen LogP contribution in [0.25, 0.3) is 0 Å². The molecule has 0 unspecified atom stereocenters. The fourth-order valence-electron chi connectivity index (χ4n) is 1.24. The van der Waals surface area contributed by atoms with Crippen molar-refractivity contribution in [1.82, 2.24) is 4.98 Å². The van der Waals surface area contributed by atoms with Crippen molar-refractivity contribution in [2.45, 2.75) is 4.90 Å². The van der Waals surface area contributed by atoms with Crippen LogP contribution < -0.4 is 4.72 Å². The van der Waals surface area contributed by atoms with Gasteiger partial charge in [0.15, 0.2) is 0 Å². The number of rotatable bonds is 3. The molecule has 0 spiro atoms. The monoisotopic (exact) mass is 268 g/mol. The molecule has 0 aliphatic rings. The first-order chi connectivity index (χ1) is 8.08. The summed E-state index contributed by atoms with van der Waals surface area (Å²) in [5.41, 5.74) is 0.502. The molecular formula is C11H9ClN2O2S. The molecule has 0 amide bonds. The van der Waals surface area contributed by atoms with Crippen molar-refractivity contribution in [1.29, 1.82) is 0 Å². The molecule has 0 atom stereocenters. The van der Waals surface area contributed by atoms with Crippen LogP contribution in [-0.2, 0) is 10.0 Å². The molecular weight excluding hydrogens is 260 g/mol. The Balaban J connectivity index is 2.29. The van der Waals surface area contributed by atoms with Crippen molar-refractivity contribution in [3.8, 4) is 0 Å². The molecule has 0 saturated heterocycles. The number of hydrogen-bond acceptors (Lipinski definition) is 3. The van der Waals surface area contributed by atoms with E-state index in [0.717, 1.165) is 0 Å². The SMILES string of the molecule is O=S(=O)(Nc1ccccc1)c1ccc(Cl)nc1. The highest BCUT2D eigenvalue weighted by Crippen LogP contribution is 2.15. The van der Waals surface area contributed by atoms with Gasteiger partial charge < -0.3 is 0 Å². The molecule has 4 nitrogen and oxygen atoms in total. The zero-order valence-electron chi connectivity index (χ0n) is 8.67. The topological polar surface area (TPSA) is 59.1 Å². The molecule has 0 aliphatic heterocycles. The number of halogens is 1. The van der Waals surface area contributed by atoms with E-state index in [1.54, 1.807) is 24.3 Å². The Hall–Kier alpha value is -1.59. The van der Waals surface area contributed by atoms with Crippen LogP contribution in [0, 0.1) is 0 Å². The normalized spacial score (nSPS) is 11.1. The minimum Gasteiger partial charge on any atom is -0.280 e. The molecule has 0 radical (unpaired) electrons. The van der Waals surface area contributed by atoms with Crippen molar-refractivity contribution >= 4 is 27.3 Å². The summed E-state index contributed by atoms with van der Waals surface area (Å²) < 4.78 is 26.3. The third-order valence-electron chi connectivity index (χ3n) is 2.04. The largest absolute Gasteiger partial charge is 0.280 e. The Bertz CT molecular complexity index is 597. The summed E-state index contributed by atoms with van der Waals surface area (Å²) in [4.78, 5) is 3.81. The Morgan fingerprint density at radius 3 is 2.35 bits per heavy atom. The standard InChI is InChI=1S/C11H9ClN2O2S/c12-11-7-6-10(8-13-11)17(15,16)14-9-4-2-1-3-5-9/h1-8,14H. The van der Waals surface area contributed by atoms with E-state index < -0.39 is 10.0 Å². The van der Waals surface area contributed by atoms with E-state index in [4.69, 9.17) is 11.6 Å². The quantitative estimate of drug-likeness (QED) is 0.871. The zero-order valence-corrected chi connectivity index (χ0v) is 10.2. The van der Waals surface area contributed by atoms with Gasteiger partial charge in [-0.15, -0.1) is 0 Å². The van der Waals surface area contributed by atoms with E-state index in [1.807, 2.05) is 6.07 Å². The van der Waals surface area contributed by atoms with Gasteiger partial charge in [0.25, 0.3) is 10.0 Å². The molecule has 6 heteroatoms. The van der Waals surface area contributed by atoms with Crippen LogP contribution in [0.2, 0.25) is 5.15 Å². The number of para-hydroxylation sites is 1. The van der Waals surface area contributed by atoms with Crippen LogP contribution in [0.3, 0.4) is 0 Å². The number of hydrogen-bond donors (Lipinski definition) is 1. The summed E-state index contributed by atoms with van der Waals surface area (Å²) in [5, 5.41) is 0.253. The molecule has 2 rings (SSSR count). The minimum atomic E-state index is -3.60. The molecule has 0 bridgehead atoms. The van der Waals surface area contributed by atoms with Gasteiger partial charge in [0.2, 0.25) is 0 Å². The summed E-state index contributed by atoms with van der Waals surface area (Å²) in [7, 11) is -3.60. The summed E-state index contributed by atoms with van der Waals surface area (Å²) in [6, 6.07) is 11.5. The number of nitrogens with zero attached hydrogens (tertiary/aromatic N) is 1. The zero-order chi connectivity index (χ0) is 12.3. The molecule has 0 saturated carbocycles. The lowest BCUT2D eigenvalue weighted by molar-refractivity contribution is 0.601. The molecule has 0 aliphatic carbocycles. The van der Waals surface area contributed by atoms with E-state index in [2.05, 4.69) is 9.71 Å². The number of sulfonamides is 1. The summed E-state index contributed by atoms with van der Waals surface area (Å²) in [5.74, 6) is 0. The highest BCUT2D eigenvalue weighted by molar-refractivity contribution is 7.92. The third kappa shape index (κ3) is 2.95. The molecule has 1 N–H and O–H groups in total. The Labute approximate surface area is 104 Å². The number of benzene rings is 1. The second-order valence-corrected chi connectivity index (χ2v) is 5.36. The van der Waals surface area contributed by atoms with Crippen LogP contribution >= 0.6 is 11.6 Å². The van der Waals surface area contributed by atoms with E-state index in [9.17, 15) is 8.42 Å². The fraction of sp³-hybridized carbons (Fsp3) is 0. The highest BCUT2D eigenvalue weighted by Gasteiger charge is 2.14. The summed E-state index contributed by atoms with van der Waals surface area (Å²) in [6.07, 6.45) is 1.22. The van der Waals surface area contributed by atoms with Gasteiger partial charge in [-0.2, -0.15) is 0 Å². The minimum absolute atomic E-state index is 0.0748. The second-order valence-electron chi connectivity index (χ2n) is 3.29. The first-order valence-electron chi connectivity index (χ1n) is 4.77. The van der Waals surface area contributed by atoms with Crippen molar-refractivity contribution in [2.75, 3.05) is 4.72 Å². The van der Waals surface area contributed by atoms with Gasteiger partial charge in [0, 0.05) is 11.9 Å². The molecule has 0 fully saturated rings. The van der Waals surface area contributed by atoms with Gasteiger partial charge in [-0.25, -0.2) is 13.4 Å². The fourth-order valence-corrected chi connectivity index (χ4v) is 2.36. The van der Waals surface area contributed by atoms with E-state index >= 15 is 0 Å². The van der Waals surface area contributed by atoms with Crippen LogP contribution in [0.5, 0.6) is 0 Å². The van der Waals surface area contributed by atoms with Gasteiger partial charge in [-0.1, -0.05) is 29.8 Å². The number of pyridine rings is 1. The van der Waals surface area contributed by atoms with Crippen molar-refractivity contribution < 1.29 is 8.42 Å². The van der Waals surface area contributed by atoms with Gasteiger partial charge in [-0.05, 0) is 24.3 Å². The summed E-state index contributed by atoms with van der Waals surface area (Å²) in [6.45, 7) is 0. The van der Waals surface area contributed by atoms with Crippen LogP contribution in [-0.4, -0.2) is 13.4 Å². The smallest absolute Gasteiger partial charge is 0.263 e. The molecule has 17 heavy (non-hydrogen) atoms. The van der Waals surface area contributed by atoms with Gasteiger partial charge >= 0.3 is 0 Å². The predicted molar refractivity (Wildman–Crippen MR) is 66.5 cm³/mol. The molecule has 1 aromatic heterocycles. The van der Waals surface area contributed by atoms with Crippen LogP contribution in [0.15, 0.2) is 53.6 Å². The Kier molecular flexibility index (Phi) is 3.31. The molecule has 88 valence electrons. The number of nitrogens with one attached hydrogen (secondary N) is 1. The number of aromatic nitrogens is 1. The molecule has 2 aromatic rings. The average molecular weight is 269 g/mol. The van der Waals surface area contributed by atoms with Gasteiger partial charge in [0.05, 0.1) is 0 Å². The van der Waals surface area contributed by atoms with E-state index in [0.29, 0.717) is 5.69 Å². The lowest BCUT2D eigenvalue weighted by atomic mass is 10.3. The van der Waals surface area contributed by atoms with Crippen molar-refractivity contribution in [2.24, 2.45) is 0 Å².